The zero-order chi connectivity index (χ0) is 6.85. The maximum atomic E-state index is 5.79. The molecule has 0 radical (unpaired) electrons. The van der Waals surface area contributed by atoms with E-state index in [0.717, 1.165) is 11.4 Å². The summed E-state index contributed by atoms with van der Waals surface area (Å²) < 4.78 is 0. The molecule has 0 saturated heterocycles. The van der Waals surface area contributed by atoms with Gasteiger partial charge in [-0.15, -0.1) is 11.3 Å². The third-order valence-electron chi connectivity index (χ3n) is 1.08. The van der Waals surface area contributed by atoms with Gasteiger partial charge in [0.05, 0.1) is 10.0 Å². The molecule has 0 aliphatic heterocycles. The molecule has 0 saturated carbocycles. The predicted octanol–water partition coefficient (Wildman–Crippen LogP) is 3.62. The first-order valence-corrected chi connectivity index (χ1v) is 4.30. The Hall–Kier alpha value is 0.280. The van der Waals surface area contributed by atoms with Gasteiger partial charge in [0.2, 0.25) is 0 Å². The molecule has 0 fully saturated rings. The van der Waals surface area contributed by atoms with E-state index in [2.05, 4.69) is 6.92 Å². The molecule has 1 aromatic heterocycles. The van der Waals surface area contributed by atoms with Crippen molar-refractivity contribution in [3.63, 3.8) is 0 Å². The van der Waals surface area contributed by atoms with Crippen LogP contribution in [0.5, 0.6) is 0 Å². The molecule has 1 rings (SSSR count). The second-order valence-electron chi connectivity index (χ2n) is 1.67. The van der Waals surface area contributed by atoms with E-state index in [1.807, 2.05) is 5.38 Å². The Morgan fingerprint density at radius 3 is 2.44 bits per heavy atom. The summed E-state index contributed by atoms with van der Waals surface area (Å²) in [6.45, 7) is 2.06. The van der Waals surface area contributed by atoms with Gasteiger partial charge in [-0.3, -0.25) is 0 Å². The first kappa shape index (κ1) is 7.39. The van der Waals surface area contributed by atoms with E-state index in [4.69, 9.17) is 23.2 Å². The Bertz CT molecular complexity index is 205. The molecule has 0 nitrogen and oxygen atoms in total. The molecule has 0 bridgehead atoms. The molecule has 1 aromatic rings. The van der Waals surface area contributed by atoms with Crippen LogP contribution in [0.4, 0.5) is 0 Å². The zero-order valence-electron chi connectivity index (χ0n) is 4.95. The number of rotatable bonds is 1. The van der Waals surface area contributed by atoms with E-state index in [1.54, 1.807) is 11.3 Å². The Morgan fingerprint density at radius 1 is 1.56 bits per heavy atom. The Kier molecular flexibility index (Phi) is 2.39. The minimum absolute atomic E-state index is 0.679. The first-order chi connectivity index (χ1) is 4.25. The lowest BCUT2D eigenvalue weighted by molar-refractivity contribution is 1.19. The van der Waals surface area contributed by atoms with Gasteiger partial charge in [0.15, 0.2) is 0 Å². The predicted molar refractivity (Wildman–Crippen MR) is 43.7 cm³/mol. The van der Waals surface area contributed by atoms with Crippen LogP contribution in [0.1, 0.15) is 11.8 Å². The van der Waals surface area contributed by atoms with Gasteiger partial charge in [-0.05, 0) is 6.42 Å². The summed E-state index contributed by atoms with van der Waals surface area (Å²) >= 11 is 13.1. The molecular weight excluding hydrogens is 175 g/mol. The molecule has 0 aromatic carbocycles. The lowest BCUT2D eigenvalue weighted by Gasteiger charge is -1.87. The SMILES string of the molecule is CCc1scc(Cl)c1Cl. The van der Waals surface area contributed by atoms with Crippen LogP contribution in [-0.4, -0.2) is 0 Å². The third-order valence-corrected chi connectivity index (χ3v) is 3.28. The highest BCUT2D eigenvalue weighted by Crippen LogP contribution is 2.31. The van der Waals surface area contributed by atoms with Crippen LogP contribution >= 0.6 is 34.5 Å². The number of hydrogen-bond acceptors (Lipinski definition) is 1. The van der Waals surface area contributed by atoms with Crippen molar-refractivity contribution in [1.82, 2.24) is 0 Å². The van der Waals surface area contributed by atoms with Gasteiger partial charge < -0.3 is 0 Å². The minimum Gasteiger partial charge on any atom is -0.146 e. The summed E-state index contributed by atoms with van der Waals surface area (Å²) in [5.41, 5.74) is 0. The summed E-state index contributed by atoms with van der Waals surface area (Å²) in [4.78, 5) is 1.17. The quantitative estimate of drug-likeness (QED) is 0.620. The summed E-state index contributed by atoms with van der Waals surface area (Å²) in [6, 6.07) is 0. The molecule has 0 atom stereocenters. The standard InChI is InChI=1S/C6H6Cl2S/c1-2-5-6(8)4(7)3-9-5/h3H,2H2,1H3. The molecule has 0 N–H and O–H groups in total. The lowest BCUT2D eigenvalue weighted by Crippen LogP contribution is -1.69. The second kappa shape index (κ2) is 2.91. The topological polar surface area (TPSA) is 0 Å². The first-order valence-electron chi connectivity index (χ1n) is 2.67. The summed E-state index contributed by atoms with van der Waals surface area (Å²) in [6.07, 6.45) is 0.968. The van der Waals surface area contributed by atoms with Gasteiger partial charge in [0.1, 0.15) is 0 Å². The molecule has 50 valence electrons. The maximum Gasteiger partial charge on any atom is 0.0731 e. The smallest absolute Gasteiger partial charge is 0.0731 e. The summed E-state index contributed by atoms with van der Waals surface area (Å²) in [5.74, 6) is 0. The zero-order valence-corrected chi connectivity index (χ0v) is 7.28. The van der Waals surface area contributed by atoms with Crippen molar-refractivity contribution in [3.05, 3.63) is 20.3 Å². The summed E-state index contributed by atoms with van der Waals surface area (Å²) in [5, 5.41) is 3.27. The van der Waals surface area contributed by atoms with Crippen molar-refractivity contribution in [2.75, 3.05) is 0 Å². The van der Waals surface area contributed by atoms with Crippen LogP contribution in [0, 0.1) is 0 Å². The summed E-state index contributed by atoms with van der Waals surface area (Å²) in [7, 11) is 0. The highest BCUT2D eigenvalue weighted by molar-refractivity contribution is 7.11. The normalized spacial score (nSPS) is 10.1. The number of thiophene rings is 1. The van der Waals surface area contributed by atoms with Gasteiger partial charge in [0, 0.05) is 10.3 Å². The van der Waals surface area contributed by atoms with Crippen LogP contribution in [0.3, 0.4) is 0 Å². The lowest BCUT2D eigenvalue weighted by atomic mass is 10.4. The molecular formula is C6H6Cl2S. The van der Waals surface area contributed by atoms with Gasteiger partial charge in [-0.2, -0.15) is 0 Å². The van der Waals surface area contributed by atoms with Crippen molar-refractivity contribution >= 4 is 34.5 Å². The van der Waals surface area contributed by atoms with E-state index >= 15 is 0 Å². The number of hydrogen-bond donors (Lipinski definition) is 0. The molecule has 0 aliphatic rings. The average molecular weight is 181 g/mol. The Labute approximate surface area is 68.4 Å². The number of aryl methyl sites for hydroxylation is 1. The molecule has 1 heterocycles. The second-order valence-corrected chi connectivity index (χ2v) is 3.42. The molecule has 9 heavy (non-hydrogen) atoms. The largest absolute Gasteiger partial charge is 0.146 e. The highest BCUT2D eigenvalue weighted by Gasteiger charge is 2.03. The fraction of sp³-hybridized carbons (Fsp3) is 0.333. The average Bonchev–Trinajstić information content (AvgIpc) is 2.15. The fourth-order valence-corrected chi connectivity index (χ4v) is 2.03. The Morgan fingerprint density at radius 2 is 2.22 bits per heavy atom. The monoisotopic (exact) mass is 180 g/mol. The molecule has 0 unspecified atom stereocenters. The molecule has 0 amide bonds. The molecule has 0 spiro atoms. The van der Waals surface area contributed by atoms with E-state index in [9.17, 15) is 0 Å². The van der Waals surface area contributed by atoms with E-state index in [1.165, 1.54) is 4.88 Å². The number of halogens is 2. The van der Waals surface area contributed by atoms with Crippen LogP contribution < -0.4 is 0 Å². The van der Waals surface area contributed by atoms with Crippen LogP contribution in [0.15, 0.2) is 5.38 Å². The van der Waals surface area contributed by atoms with E-state index < -0.39 is 0 Å². The third kappa shape index (κ3) is 1.40. The van der Waals surface area contributed by atoms with Crippen LogP contribution in [0.25, 0.3) is 0 Å². The van der Waals surface area contributed by atoms with Gasteiger partial charge in [-0.1, -0.05) is 30.1 Å². The van der Waals surface area contributed by atoms with Crippen molar-refractivity contribution in [2.24, 2.45) is 0 Å². The van der Waals surface area contributed by atoms with E-state index in [0.29, 0.717) is 5.02 Å². The van der Waals surface area contributed by atoms with E-state index in [-0.39, 0.29) is 0 Å². The molecule has 3 heteroatoms. The van der Waals surface area contributed by atoms with Gasteiger partial charge >= 0.3 is 0 Å². The van der Waals surface area contributed by atoms with Crippen molar-refractivity contribution in [2.45, 2.75) is 13.3 Å². The van der Waals surface area contributed by atoms with Crippen LogP contribution in [0.2, 0.25) is 10.0 Å². The van der Waals surface area contributed by atoms with Gasteiger partial charge in [-0.25, -0.2) is 0 Å². The molecule has 0 aliphatic carbocycles. The van der Waals surface area contributed by atoms with Crippen molar-refractivity contribution < 1.29 is 0 Å². The van der Waals surface area contributed by atoms with Crippen LogP contribution in [-0.2, 0) is 6.42 Å². The van der Waals surface area contributed by atoms with Crippen molar-refractivity contribution in [1.29, 1.82) is 0 Å². The maximum absolute atomic E-state index is 5.79. The van der Waals surface area contributed by atoms with Crippen molar-refractivity contribution in [3.8, 4) is 0 Å². The Balaban J connectivity index is 3.04. The highest BCUT2D eigenvalue weighted by atomic mass is 35.5. The van der Waals surface area contributed by atoms with Gasteiger partial charge in [0.25, 0.3) is 0 Å². The minimum atomic E-state index is 0.679. The fourth-order valence-electron chi connectivity index (χ4n) is 0.598.